The standard InChI is InChI=1S/C16H17N3O5/c17-7-12(9-18-5-1-2-15(20)21)16(22)19-8-11-3-4-13-14(6-11)24-10-23-13/h3-4,6,9,18H,1-2,5,8,10H2,(H,19,22)(H,20,21)/b12-9-. The van der Waals surface area contributed by atoms with Gasteiger partial charge in [-0.15, -0.1) is 0 Å². The van der Waals surface area contributed by atoms with Gasteiger partial charge in [0.25, 0.3) is 5.91 Å². The molecule has 1 amide bonds. The van der Waals surface area contributed by atoms with Gasteiger partial charge in [-0.25, -0.2) is 0 Å². The first-order valence-electron chi connectivity index (χ1n) is 7.32. The van der Waals surface area contributed by atoms with Gasteiger partial charge >= 0.3 is 5.97 Å². The van der Waals surface area contributed by atoms with Crippen molar-refractivity contribution in [1.82, 2.24) is 10.6 Å². The van der Waals surface area contributed by atoms with Crippen LogP contribution in [0.25, 0.3) is 0 Å². The van der Waals surface area contributed by atoms with Gasteiger partial charge in [0.05, 0.1) is 0 Å². The van der Waals surface area contributed by atoms with Gasteiger partial charge in [0.1, 0.15) is 11.6 Å². The summed E-state index contributed by atoms with van der Waals surface area (Å²) in [6.07, 6.45) is 1.72. The van der Waals surface area contributed by atoms with E-state index in [-0.39, 0.29) is 25.3 Å². The fourth-order valence-electron chi connectivity index (χ4n) is 1.99. The summed E-state index contributed by atoms with van der Waals surface area (Å²) in [5.74, 6) is -0.116. The second kappa shape index (κ2) is 8.43. The second-order valence-corrected chi connectivity index (χ2v) is 4.99. The van der Waals surface area contributed by atoms with Crippen LogP contribution in [-0.2, 0) is 16.1 Å². The van der Waals surface area contributed by atoms with Crippen molar-refractivity contribution < 1.29 is 24.2 Å². The Kier molecular flexibility index (Phi) is 6.02. The smallest absolute Gasteiger partial charge is 0.303 e. The predicted molar refractivity (Wildman–Crippen MR) is 83.0 cm³/mol. The van der Waals surface area contributed by atoms with Crippen LogP contribution in [0.15, 0.2) is 30.0 Å². The third-order valence-electron chi connectivity index (χ3n) is 3.21. The van der Waals surface area contributed by atoms with Gasteiger partial charge in [0.15, 0.2) is 11.5 Å². The number of ether oxygens (including phenoxy) is 2. The minimum Gasteiger partial charge on any atom is -0.481 e. The number of fused-ring (bicyclic) bond motifs is 1. The second-order valence-electron chi connectivity index (χ2n) is 4.99. The van der Waals surface area contributed by atoms with Crippen LogP contribution in [0.4, 0.5) is 0 Å². The fraction of sp³-hybridized carbons (Fsp3) is 0.312. The van der Waals surface area contributed by atoms with E-state index in [9.17, 15) is 9.59 Å². The van der Waals surface area contributed by atoms with Gasteiger partial charge in [-0.3, -0.25) is 9.59 Å². The van der Waals surface area contributed by atoms with Crippen LogP contribution in [0.1, 0.15) is 18.4 Å². The highest BCUT2D eigenvalue weighted by Gasteiger charge is 2.14. The molecule has 0 aliphatic carbocycles. The van der Waals surface area contributed by atoms with Crippen molar-refractivity contribution >= 4 is 11.9 Å². The van der Waals surface area contributed by atoms with Crippen molar-refractivity contribution in [3.63, 3.8) is 0 Å². The van der Waals surface area contributed by atoms with Crippen LogP contribution >= 0.6 is 0 Å². The molecule has 0 fully saturated rings. The topological polar surface area (TPSA) is 121 Å². The third kappa shape index (κ3) is 4.91. The molecule has 0 bridgehead atoms. The lowest BCUT2D eigenvalue weighted by Gasteiger charge is -2.06. The van der Waals surface area contributed by atoms with E-state index in [1.807, 2.05) is 0 Å². The first-order chi connectivity index (χ1) is 11.6. The van der Waals surface area contributed by atoms with Gasteiger partial charge in [0, 0.05) is 25.7 Å². The van der Waals surface area contributed by atoms with Gasteiger partial charge in [-0.05, 0) is 24.1 Å². The van der Waals surface area contributed by atoms with Crippen molar-refractivity contribution in [3.05, 3.63) is 35.5 Å². The number of hydrogen-bond donors (Lipinski definition) is 3. The summed E-state index contributed by atoms with van der Waals surface area (Å²) >= 11 is 0. The molecule has 0 spiro atoms. The molecule has 0 saturated heterocycles. The number of rotatable bonds is 8. The summed E-state index contributed by atoms with van der Waals surface area (Å²) in [6, 6.07) is 7.13. The fourth-order valence-corrected chi connectivity index (χ4v) is 1.99. The zero-order valence-electron chi connectivity index (χ0n) is 12.9. The SMILES string of the molecule is N#C/C(=C/NCCCC(=O)O)C(=O)NCc1ccc2c(c1)OCO2. The van der Waals surface area contributed by atoms with Crippen LogP contribution < -0.4 is 20.1 Å². The Morgan fingerprint density at radius 1 is 1.33 bits per heavy atom. The molecule has 1 aromatic rings. The van der Waals surface area contributed by atoms with E-state index in [4.69, 9.17) is 19.8 Å². The minimum absolute atomic E-state index is 0.0268. The predicted octanol–water partition coefficient (Wildman–Crippen LogP) is 0.893. The molecular formula is C16H17N3O5. The summed E-state index contributed by atoms with van der Waals surface area (Å²) in [4.78, 5) is 22.3. The van der Waals surface area contributed by atoms with Gasteiger partial charge in [0.2, 0.25) is 6.79 Å². The quantitative estimate of drug-likeness (QED) is 0.367. The summed E-state index contributed by atoms with van der Waals surface area (Å²) < 4.78 is 10.5. The number of carboxylic acid groups (broad SMARTS) is 1. The molecule has 0 unspecified atom stereocenters. The first kappa shape index (κ1) is 17.1. The molecule has 0 atom stereocenters. The number of amides is 1. The van der Waals surface area contributed by atoms with E-state index < -0.39 is 11.9 Å². The monoisotopic (exact) mass is 331 g/mol. The maximum Gasteiger partial charge on any atom is 0.303 e. The highest BCUT2D eigenvalue weighted by molar-refractivity contribution is 5.97. The van der Waals surface area contributed by atoms with Gasteiger partial charge in [-0.1, -0.05) is 6.07 Å². The number of benzene rings is 1. The molecular weight excluding hydrogens is 314 g/mol. The summed E-state index contributed by atoms with van der Waals surface area (Å²) in [5, 5.41) is 22.9. The average molecular weight is 331 g/mol. The first-order valence-corrected chi connectivity index (χ1v) is 7.32. The molecule has 24 heavy (non-hydrogen) atoms. The molecule has 0 saturated carbocycles. The van der Waals surface area contributed by atoms with Gasteiger partial charge in [-0.2, -0.15) is 5.26 Å². The van der Waals surface area contributed by atoms with E-state index in [1.54, 1.807) is 24.3 Å². The molecule has 1 heterocycles. The Bertz CT molecular complexity index is 693. The Morgan fingerprint density at radius 3 is 2.88 bits per heavy atom. The highest BCUT2D eigenvalue weighted by atomic mass is 16.7. The largest absolute Gasteiger partial charge is 0.481 e. The molecule has 1 aliphatic heterocycles. The lowest BCUT2D eigenvalue weighted by atomic mass is 10.2. The van der Waals surface area contributed by atoms with Crippen molar-refractivity contribution in [2.45, 2.75) is 19.4 Å². The molecule has 1 aliphatic rings. The van der Waals surface area contributed by atoms with Gasteiger partial charge < -0.3 is 25.2 Å². The third-order valence-corrected chi connectivity index (χ3v) is 3.21. The van der Waals surface area contributed by atoms with E-state index in [1.165, 1.54) is 6.20 Å². The van der Waals surface area contributed by atoms with Crippen molar-refractivity contribution in [2.24, 2.45) is 0 Å². The normalized spacial score (nSPS) is 12.4. The Morgan fingerprint density at radius 2 is 2.12 bits per heavy atom. The molecule has 0 radical (unpaired) electrons. The van der Waals surface area contributed by atoms with E-state index in [0.29, 0.717) is 24.5 Å². The van der Waals surface area contributed by atoms with Crippen LogP contribution in [0, 0.1) is 11.3 Å². The van der Waals surface area contributed by atoms with Crippen LogP contribution in [-0.4, -0.2) is 30.3 Å². The number of hydrogen-bond acceptors (Lipinski definition) is 6. The number of nitrogens with zero attached hydrogens (tertiary/aromatic N) is 1. The van der Waals surface area contributed by atoms with E-state index in [2.05, 4.69) is 10.6 Å². The maximum atomic E-state index is 12.0. The highest BCUT2D eigenvalue weighted by Crippen LogP contribution is 2.32. The molecule has 3 N–H and O–H groups in total. The van der Waals surface area contributed by atoms with Crippen molar-refractivity contribution in [2.75, 3.05) is 13.3 Å². The number of carboxylic acids is 1. The number of carbonyl (C=O) groups excluding carboxylic acids is 1. The molecule has 1 aromatic carbocycles. The summed E-state index contributed by atoms with van der Waals surface area (Å²) in [6.45, 7) is 0.792. The van der Waals surface area contributed by atoms with Crippen molar-refractivity contribution in [3.8, 4) is 17.6 Å². The Hall–Kier alpha value is -3.21. The van der Waals surface area contributed by atoms with E-state index in [0.717, 1.165) is 5.56 Å². The number of nitrogens with one attached hydrogen (secondary N) is 2. The average Bonchev–Trinajstić information content (AvgIpc) is 3.03. The molecule has 8 nitrogen and oxygen atoms in total. The van der Waals surface area contributed by atoms with Crippen molar-refractivity contribution in [1.29, 1.82) is 5.26 Å². The molecule has 0 aromatic heterocycles. The maximum absolute atomic E-state index is 12.0. The molecule has 2 rings (SSSR count). The van der Waals surface area contributed by atoms with Crippen LogP contribution in [0.5, 0.6) is 11.5 Å². The lowest BCUT2D eigenvalue weighted by Crippen LogP contribution is -2.25. The number of aliphatic carboxylic acids is 1. The summed E-state index contributed by atoms with van der Waals surface area (Å²) in [7, 11) is 0. The van der Waals surface area contributed by atoms with Crippen LogP contribution in [0.2, 0.25) is 0 Å². The minimum atomic E-state index is -0.886. The lowest BCUT2D eigenvalue weighted by molar-refractivity contribution is -0.137. The Balaban J connectivity index is 1.81. The summed E-state index contributed by atoms with van der Waals surface area (Å²) in [5.41, 5.74) is 0.741. The molecule has 126 valence electrons. The number of carbonyl (C=O) groups is 2. The van der Waals surface area contributed by atoms with Crippen LogP contribution in [0.3, 0.4) is 0 Å². The van der Waals surface area contributed by atoms with E-state index >= 15 is 0 Å². The molecule has 8 heteroatoms. The zero-order valence-corrected chi connectivity index (χ0v) is 12.9. The Labute approximate surface area is 138 Å². The number of nitriles is 1. The zero-order chi connectivity index (χ0) is 17.4.